The van der Waals surface area contributed by atoms with Gasteiger partial charge in [0.1, 0.15) is 0 Å². The molecule has 1 aliphatic carbocycles. The molecular formula is C19H19N5. The average molecular weight is 317 g/mol. The van der Waals surface area contributed by atoms with Crippen LogP contribution in [-0.4, -0.2) is 19.9 Å². The molecule has 24 heavy (non-hydrogen) atoms. The molecule has 1 saturated carbocycles. The normalized spacial score (nSPS) is 15.0. The third kappa shape index (κ3) is 3.25. The Morgan fingerprint density at radius 2 is 1.83 bits per heavy atom. The van der Waals surface area contributed by atoms with Crippen molar-refractivity contribution >= 4 is 5.95 Å². The fourth-order valence-corrected chi connectivity index (χ4v) is 2.82. The van der Waals surface area contributed by atoms with E-state index in [1.54, 1.807) is 12.4 Å². The molecule has 1 N–H and O–H groups in total. The first kappa shape index (κ1) is 14.8. The topological polar surface area (TPSA) is 63.6 Å². The molecule has 5 nitrogen and oxygen atoms in total. The van der Waals surface area contributed by atoms with Gasteiger partial charge in [-0.15, -0.1) is 0 Å². The molecule has 0 aliphatic heterocycles. The van der Waals surface area contributed by atoms with Gasteiger partial charge in [0.15, 0.2) is 0 Å². The van der Waals surface area contributed by atoms with E-state index in [2.05, 4.69) is 38.2 Å². The molecule has 0 amide bonds. The summed E-state index contributed by atoms with van der Waals surface area (Å²) in [7, 11) is 0. The second-order valence-electron chi connectivity index (χ2n) is 6.20. The van der Waals surface area contributed by atoms with Crippen LogP contribution < -0.4 is 5.32 Å². The summed E-state index contributed by atoms with van der Waals surface area (Å²) in [6, 6.07) is 12.0. The molecule has 1 fully saturated rings. The van der Waals surface area contributed by atoms with Crippen LogP contribution in [0.1, 0.15) is 30.1 Å². The van der Waals surface area contributed by atoms with E-state index in [4.69, 9.17) is 0 Å². The van der Waals surface area contributed by atoms with E-state index in [-0.39, 0.29) is 6.04 Å². The minimum absolute atomic E-state index is 0.156. The van der Waals surface area contributed by atoms with Crippen LogP contribution in [0.15, 0.2) is 55.0 Å². The predicted octanol–water partition coefficient (Wildman–Crippen LogP) is 3.81. The quantitative estimate of drug-likeness (QED) is 0.775. The molecule has 4 rings (SSSR count). The Kier molecular flexibility index (Phi) is 3.91. The minimum Gasteiger partial charge on any atom is -0.346 e. The summed E-state index contributed by atoms with van der Waals surface area (Å²) in [5, 5.41) is 3.48. The van der Waals surface area contributed by atoms with Crippen molar-refractivity contribution in [1.82, 2.24) is 19.9 Å². The highest BCUT2D eigenvalue weighted by molar-refractivity contribution is 5.55. The van der Waals surface area contributed by atoms with Gasteiger partial charge in [0.2, 0.25) is 5.95 Å². The molecule has 0 saturated heterocycles. The molecular weight excluding hydrogens is 298 g/mol. The molecule has 5 heteroatoms. The Morgan fingerprint density at radius 1 is 0.958 bits per heavy atom. The first-order chi connectivity index (χ1) is 11.8. The Hall–Kier alpha value is -2.82. The van der Waals surface area contributed by atoms with Crippen molar-refractivity contribution in [3.63, 3.8) is 0 Å². The summed E-state index contributed by atoms with van der Waals surface area (Å²) >= 11 is 0. The van der Waals surface area contributed by atoms with Gasteiger partial charge in [-0.2, -0.15) is 0 Å². The summed E-state index contributed by atoms with van der Waals surface area (Å²) in [6.45, 7) is 2.09. The van der Waals surface area contributed by atoms with Gasteiger partial charge < -0.3 is 5.32 Å². The number of anilines is 1. The number of nitrogens with zero attached hydrogens (tertiary/aromatic N) is 4. The fraction of sp³-hybridized carbons (Fsp3) is 0.263. The molecule has 0 radical (unpaired) electrons. The molecule has 1 atom stereocenters. The van der Waals surface area contributed by atoms with E-state index in [1.165, 1.54) is 18.4 Å². The molecule has 1 aliphatic rings. The third-order valence-electron chi connectivity index (χ3n) is 4.22. The van der Waals surface area contributed by atoms with Crippen molar-refractivity contribution in [2.75, 3.05) is 5.32 Å². The maximum atomic E-state index is 4.63. The average Bonchev–Trinajstić information content (AvgIpc) is 3.46. The van der Waals surface area contributed by atoms with Crippen LogP contribution >= 0.6 is 0 Å². The van der Waals surface area contributed by atoms with Crippen molar-refractivity contribution in [2.45, 2.75) is 25.8 Å². The minimum atomic E-state index is 0.156. The van der Waals surface area contributed by atoms with Crippen LogP contribution in [-0.2, 0) is 0 Å². The second-order valence-corrected chi connectivity index (χ2v) is 6.20. The van der Waals surface area contributed by atoms with E-state index in [1.807, 2.05) is 36.5 Å². The number of aryl methyl sites for hydroxylation is 1. The van der Waals surface area contributed by atoms with Gasteiger partial charge in [-0.05, 0) is 61.6 Å². The lowest BCUT2D eigenvalue weighted by Crippen LogP contribution is -2.16. The maximum Gasteiger partial charge on any atom is 0.223 e. The van der Waals surface area contributed by atoms with E-state index in [9.17, 15) is 0 Å². The van der Waals surface area contributed by atoms with Crippen LogP contribution in [0.2, 0.25) is 0 Å². The lowest BCUT2D eigenvalue weighted by Gasteiger charge is -2.18. The van der Waals surface area contributed by atoms with Crippen molar-refractivity contribution in [3.05, 3.63) is 66.2 Å². The van der Waals surface area contributed by atoms with Crippen molar-refractivity contribution < 1.29 is 0 Å². The molecule has 3 heterocycles. The van der Waals surface area contributed by atoms with Crippen LogP contribution in [0.4, 0.5) is 5.95 Å². The fourth-order valence-electron chi connectivity index (χ4n) is 2.82. The van der Waals surface area contributed by atoms with Crippen LogP contribution in [0.3, 0.4) is 0 Å². The molecule has 120 valence electrons. The van der Waals surface area contributed by atoms with E-state index >= 15 is 0 Å². The number of hydrogen-bond acceptors (Lipinski definition) is 5. The highest BCUT2D eigenvalue weighted by Gasteiger charge is 2.33. The zero-order chi connectivity index (χ0) is 16.4. The largest absolute Gasteiger partial charge is 0.346 e. The van der Waals surface area contributed by atoms with Crippen molar-refractivity contribution in [2.24, 2.45) is 5.92 Å². The lowest BCUT2D eigenvalue weighted by molar-refractivity contribution is 0.651. The third-order valence-corrected chi connectivity index (χ3v) is 4.22. The number of nitrogens with one attached hydrogen (secondary N) is 1. The second kappa shape index (κ2) is 6.35. The zero-order valence-electron chi connectivity index (χ0n) is 13.6. The van der Waals surface area contributed by atoms with Crippen LogP contribution in [0, 0.1) is 12.8 Å². The Bertz CT molecular complexity index is 830. The molecule has 3 aromatic heterocycles. The van der Waals surface area contributed by atoms with Gasteiger partial charge in [-0.1, -0.05) is 6.07 Å². The Labute approximate surface area is 141 Å². The molecule has 0 aromatic carbocycles. The van der Waals surface area contributed by atoms with Crippen LogP contribution in [0.5, 0.6) is 0 Å². The number of rotatable bonds is 5. The first-order valence-corrected chi connectivity index (χ1v) is 8.23. The lowest BCUT2D eigenvalue weighted by atomic mass is 10.1. The number of aromatic nitrogens is 4. The van der Waals surface area contributed by atoms with Crippen LogP contribution in [0.25, 0.3) is 11.4 Å². The molecule has 3 aromatic rings. The van der Waals surface area contributed by atoms with Crippen molar-refractivity contribution in [3.8, 4) is 11.4 Å². The summed E-state index contributed by atoms with van der Waals surface area (Å²) in [5.41, 5.74) is 3.94. The smallest absolute Gasteiger partial charge is 0.223 e. The van der Waals surface area contributed by atoms with Gasteiger partial charge in [0.05, 0.1) is 23.1 Å². The maximum absolute atomic E-state index is 4.63. The van der Waals surface area contributed by atoms with Gasteiger partial charge in [0.25, 0.3) is 0 Å². The monoisotopic (exact) mass is 317 g/mol. The standard InChI is InChI=1S/C19H19N5/c1-13-7-10-21-17(12-13)18(14-5-6-14)24-19-22-11-8-16(23-19)15-4-2-3-9-20-15/h2-4,7-12,14,18H,5-6H2,1H3,(H,22,23,24). The summed E-state index contributed by atoms with van der Waals surface area (Å²) in [4.78, 5) is 17.9. The number of hydrogen-bond donors (Lipinski definition) is 1. The van der Waals surface area contributed by atoms with Crippen molar-refractivity contribution in [1.29, 1.82) is 0 Å². The van der Waals surface area contributed by atoms with E-state index in [0.717, 1.165) is 17.1 Å². The SMILES string of the molecule is Cc1ccnc(C(Nc2nccc(-c3ccccn3)n2)C2CC2)c1. The molecule has 0 bridgehead atoms. The van der Waals surface area contributed by atoms with Gasteiger partial charge in [0, 0.05) is 18.6 Å². The summed E-state index contributed by atoms with van der Waals surface area (Å²) < 4.78 is 0. The first-order valence-electron chi connectivity index (χ1n) is 8.23. The predicted molar refractivity (Wildman–Crippen MR) is 93.3 cm³/mol. The molecule has 0 spiro atoms. The summed E-state index contributed by atoms with van der Waals surface area (Å²) in [5.74, 6) is 1.22. The van der Waals surface area contributed by atoms with E-state index < -0.39 is 0 Å². The highest BCUT2D eigenvalue weighted by Crippen LogP contribution is 2.42. The summed E-state index contributed by atoms with van der Waals surface area (Å²) in [6.07, 6.45) is 7.84. The van der Waals surface area contributed by atoms with E-state index in [0.29, 0.717) is 11.9 Å². The van der Waals surface area contributed by atoms with Gasteiger partial charge in [-0.25, -0.2) is 9.97 Å². The number of pyridine rings is 2. The highest BCUT2D eigenvalue weighted by atomic mass is 15.1. The van der Waals surface area contributed by atoms with Gasteiger partial charge >= 0.3 is 0 Å². The Balaban J connectivity index is 1.61. The zero-order valence-corrected chi connectivity index (χ0v) is 13.6. The van der Waals surface area contributed by atoms with Gasteiger partial charge in [-0.3, -0.25) is 9.97 Å². The molecule has 1 unspecified atom stereocenters. The Morgan fingerprint density at radius 3 is 2.58 bits per heavy atom.